The molecule has 0 radical (unpaired) electrons. The third-order valence-electron chi connectivity index (χ3n) is 2.57. The number of carbonyl (C=O) groups excluding carboxylic acids is 1. The highest BCUT2D eigenvalue weighted by molar-refractivity contribution is 7.79. The van der Waals surface area contributed by atoms with E-state index >= 15 is 0 Å². The molecule has 2 rings (SSSR count). The molecule has 2 aromatic rings. The van der Waals surface area contributed by atoms with E-state index in [1.165, 1.54) is 18.2 Å². The minimum absolute atomic E-state index is 0.0254. The van der Waals surface area contributed by atoms with Gasteiger partial charge in [-0.15, -0.1) is 11.3 Å². The summed E-state index contributed by atoms with van der Waals surface area (Å²) >= 11 is 4.31. The molecule has 1 aromatic carbocycles. The lowest BCUT2D eigenvalue weighted by atomic mass is 10.2. The quantitative estimate of drug-likeness (QED) is 0.829. The van der Waals surface area contributed by atoms with Gasteiger partial charge in [-0.3, -0.25) is 14.3 Å². The van der Waals surface area contributed by atoms with Crippen molar-refractivity contribution in [2.75, 3.05) is 5.32 Å². The van der Waals surface area contributed by atoms with Crippen LogP contribution in [0.25, 0.3) is 0 Å². The Hall–Kier alpha value is -1.48. The number of rotatable bonds is 4. The first-order valence-electron chi connectivity index (χ1n) is 5.81. The number of nitrogens with one attached hydrogen (secondary N) is 1. The smallest absolute Gasteiger partial charge is 0.261 e. The van der Waals surface area contributed by atoms with E-state index in [4.69, 9.17) is 11.6 Å². The predicted molar refractivity (Wildman–Crippen MR) is 79.7 cm³/mol. The van der Waals surface area contributed by atoms with E-state index in [1.807, 2.05) is 0 Å². The molecule has 0 bridgehead atoms. The number of anilines is 1. The van der Waals surface area contributed by atoms with E-state index in [0.717, 1.165) is 11.3 Å². The van der Waals surface area contributed by atoms with Crippen molar-refractivity contribution in [1.29, 1.82) is 0 Å². The molecular formula is C12H10ClN2O4S2-. The van der Waals surface area contributed by atoms with Crippen molar-refractivity contribution >= 4 is 45.1 Å². The lowest BCUT2D eigenvalue weighted by Crippen LogP contribution is -2.12. The molecule has 0 aliphatic heterocycles. The Morgan fingerprint density at radius 2 is 2.29 bits per heavy atom. The van der Waals surface area contributed by atoms with Crippen LogP contribution in [0.5, 0.6) is 5.75 Å². The average molecular weight is 346 g/mol. The minimum atomic E-state index is -2.46. The molecule has 9 heteroatoms. The minimum Gasteiger partial charge on any atom is -0.767 e. The van der Waals surface area contributed by atoms with Crippen molar-refractivity contribution in [3.63, 3.8) is 0 Å². The molecule has 0 aliphatic rings. The number of carbonyl (C=O) groups is 1. The van der Waals surface area contributed by atoms with E-state index in [1.54, 1.807) is 6.92 Å². The lowest BCUT2D eigenvalue weighted by molar-refractivity contribution is 0.102. The largest absolute Gasteiger partial charge is 0.767 e. The van der Waals surface area contributed by atoms with Crippen LogP contribution in [-0.4, -0.2) is 24.8 Å². The van der Waals surface area contributed by atoms with Crippen molar-refractivity contribution in [2.24, 2.45) is 0 Å². The van der Waals surface area contributed by atoms with Gasteiger partial charge >= 0.3 is 0 Å². The van der Waals surface area contributed by atoms with Crippen LogP contribution in [0.3, 0.4) is 0 Å². The zero-order chi connectivity index (χ0) is 15.6. The van der Waals surface area contributed by atoms with Crippen molar-refractivity contribution in [3.05, 3.63) is 33.7 Å². The normalized spacial score (nSPS) is 12.1. The van der Waals surface area contributed by atoms with Crippen LogP contribution in [0.4, 0.5) is 5.13 Å². The summed E-state index contributed by atoms with van der Waals surface area (Å²) < 4.78 is 22.0. The van der Waals surface area contributed by atoms with E-state index in [9.17, 15) is 18.7 Å². The van der Waals surface area contributed by atoms with Crippen LogP contribution in [0, 0.1) is 0 Å². The molecule has 1 aromatic heterocycles. The second-order valence-corrected chi connectivity index (χ2v) is 6.33. The first kappa shape index (κ1) is 15.9. The van der Waals surface area contributed by atoms with Gasteiger partial charge in [0.05, 0.1) is 5.56 Å². The number of hydrogen-bond donors (Lipinski definition) is 2. The van der Waals surface area contributed by atoms with E-state index in [0.29, 0.717) is 16.3 Å². The van der Waals surface area contributed by atoms with Crippen molar-refractivity contribution in [1.82, 2.24) is 4.98 Å². The Labute approximate surface area is 132 Å². The fourth-order valence-electron chi connectivity index (χ4n) is 1.61. The van der Waals surface area contributed by atoms with E-state index in [-0.39, 0.29) is 21.5 Å². The topological polar surface area (TPSA) is 102 Å². The van der Waals surface area contributed by atoms with Crippen LogP contribution < -0.4 is 5.32 Å². The number of amides is 1. The van der Waals surface area contributed by atoms with Gasteiger partial charge in [0.25, 0.3) is 5.91 Å². The van der Waals surface area contributed by atoms with Crippen LogP contribution in [0.15, 0.2) is 23.2 Å². The number of halogens is 1. The number of nitrogens with zero attached hydrogens (tertiary/aromatic N) is 1. The number of phenols is 1. The SMILES string of the molecule is CCc1sc(NC(=O)c2ccc(Cl)cc2O)nc1S(=O)[O-]. The van der Waals surface area contributed by atoms with Gasteiger partial charge in [0.1, 0.15) is 10.8 Å². The summed E-state index contributed by atoms with van der Waals surface area (Å²) in [5, 5.41) is 12.5. The van der Waals surface area contributed by atoms with Gasteiger partial charge in [0, 0.05) is 9.90 Å². The van der Waals surface area contributed by atoms with Crippen molar-refractivity contribution in [2.45, 2.75) is 18.4 Å². The van der Waals surface area contributed by atoms with Crippen LogP contribution in [-0.2, 0) is 17.5 Å². The maximum Gasteiger partial charge on any atom is 0.261 e. The van der Waals surface area contributed by atoms with Crippen molar-refractivity contribution in [3.8, 4) is 5.75 Å². The highest BCUT2D eigenvalue weighted by atomic mass is 35.5. The third-order valence-corrected chi connectivity index (χ3v) is 4.70. The standard InChI is InChI=1S/C12H11ClN2O4S2/c1-2-9-11(21(18)19)15-12(20-9)14-10(17)7-4-3-6(13)5-8(7)16/h3-5,16H,2H2,1H3,(H,18,19)(H,14,15,17)/p-1. The molecule has 1 heterocycles. The average Bonchev–Trinajstić information content (AvgIpc) is 2.81. The lowest BCUT2D eigenvalue weighted by Gasteiger charge is -2.04. The summed E-state index contributed by atoms with van der Waals surface area (Å²) in [7, 11) is 0. The zero-order valence-electron chi connectivity index (χ0n) is 10.8. The first-order chi connectivity index (χ1) is 9.92. The summed E-state index contributed by atoms with van der Waals surface area (Å²) in [4.78, 5) is 16.4. The molecule has 2 N–H and O–H groups in total. The molecule has 21 heavy (non-hydrogen) atoms. The monoisotopic (exact) mass is 345 g/mol. The van der Waals surface area contributed by atoms with Crippen LogP contribution in [0.1, 0.15) is 22.2 Å². The summed E-state index contributed by atoms with van der Waals surface area (Å²) in [6, 6.07) is 4.08. The number of thiazole rings is 1. The Morgan fingerprint density at radius 1 is 1.57 bits per heavy atom. The number of phenolic OH excluding ortho intramolecular Hbond substituents is 1. The zero-order valence-corrected chi connectivity index (χ0v) is 13.1. The predicted octanol–water partition coefficient (Wildman–Crippen LogP) is 2.55. The van der Waals surface area contributed by atoms with Gasteiger partial charge in [-0.25, -0.2) is 4.98 Å². The first-order valence-corrected chi connectivity index (χ1v) is 8.08. The fraction of sp³-hybridized carbons (Fsp3) is 0.167. The van der Waals surface area contributed by atoms with Gasteiger partial charge in [0.15, 0.2) is 5.13 Å². The molecule has 0 fully saturated rings. The van der Waals surface area contributed by atoms with Crippen LogP contribution in [0.2, 0.25) is 5.02 Å². The number of hydrogen-bond acceptors (Lipinski definition) is 6. The second kappa shape index (κ2) is 6.52. The molecular weight excluding hydrogens is 336 g/mol. The Morgan fingerprint density at radius 3 is 2.81 bits per heavy atom. The molecule has 0 spiro atoms. The third kappa shape index (κ3) is 3.59. The second-order valence-electron chi connectivity index (χ2n) is 3.95. The molecule has 1 unspecified atom stereocenters. The number of benzene rings is 1. The highest BCUT2D eigenvalue weighted by Gasteiger charge is 2.16. The Kier molecular flexibility index (Phi) is 4.94. The fourth-order valence-corrected chi connectivity index (χ4v) is 3.45. The molecule has 0 saturated carbocycles. The maximum atomic E-state index is 12.0. The summed E-state index contributed by atoms with van der Waals surface area (Å²) in [6.07, 6.45) is 0.489. The number of aromatic hydroxyl groups is 1. The highest BCUT2D eigenvalue weighted by Crippen LogP contribution is 2.27. The van der Waals surface area contributed by atoms with Gasteiger partial charge in [-0.2, -0.15) is 0 Å². The van der Waals surface area contributed by atoms with Gasteiger partial charge in [-0.05, 0) is 35.7 Å². The molecule has 0 saturated heterocycles. The Balaban J connectivity index is 2.25. The summed E-state index contributed by atoms with van der Waals surface area (Å²) in [5.74, 6) is -0.858. The summed E-state index contributed by atoms with van der Waals surface area (Å²) in [6.45, 7) is 1.79. The Bertz CT molecular complexity index is 717. The number of aryl methyl sites for hydroxylation is 1. The van der Waals surface area contributed by atoms with Gasteiger partial charge in [0.2, 0.25) is 0 Å². The molecule has 6 nitrogen and oxygen atoms in total. The molecule has 1 atom stereocenters. The molecule has 1 amide bonds. The maximum absolute atomic E-state index is 12.0. The molecule has 112 valence electrons. The van der Waals surface area contributed by atoms with Crippen molar-refractivity contribution < 1.29 is 18.7 Å². The molecule has 0 aliphatic carbocycles. The van der Waals surface area contributed by atoms with Gasteiger partial charge in [-0.1, -0.05) is 18.5 Å². The van der Waals surface area contributed by atoms with Gasteiger partial charge < -0.3 is 9.66 Å². The van der Waals surface area contributed by atoms with E-state index in [2.05, 4.69) is 10.3 Å². The number of aromatic nitrogens is 1. The van der Waals surface area contributed by atoms with E-state index < -0.39 is 17.0 Å². The van der Waals surface area contributed by atoms with Crippen LogP contribution >= 0.6 is 22.9 Å². The summed E-state index contributed by atoms with van der Waals surface area (Å²) in [5.41, 5.74) is 0.0254.